The Morgan fingerprint density at radius 2 is 1.85 bits per heavy atom. The Morgan fingerprint density at radius 1 is 1.11 bits per heavy atom. The lowest BCUT2D eigenvalue weighted by molar-refractivity contribution is 0.0927. The van der Waals surface area contributed by atoms with E-state index in [1.807, 2.05) is 0 Å². The maximum absolute atomic E-state index is 13.1. The van der Waals surface area contributed by atoms with Crippen molar-refractivity contribution in [2.45, 2.75) is 76.4 Å². The van der Waals surface area contributed by atoms with Crippen LogP contribution >= 0.6 is 15.9 Å². The zero-order valence-corrected chi connectivity index (χ0v) is 17.5. The molecule has 1 aromatic heterocycles. The lowest BCUT2D eigenvalue weighted by Gasteiger charge is -2.26. The number of amides is 1. The normalized spacial score (nSPS) is 24.2. The van der Waals surface area contributed by atoms with Crippen LogP contribution in [-0.2, 0) is 6.54 Å². The van der Waals surface area contributed by atoms with E-state index >= 15 is 0 Å². The number of nitrogens with one attached hydrogen (secondary N) is 1. The Balaban J connectivity index is 1.57. The Kier molecular flexibility index (Phi) is 5.88. The molecule has 2 aromatic rings. The Morgan fingerprint density at radius 3 is 2.59 bits per heavy atom. The van der Waals surface area contributed by atoms with Crippen molar-refractivity contribution in [1.82, 2.24) is 9.88 Å². The van der Waals surface area contributed by atoms with E-state index in [0.717, 1.165) is 53.6 Å². The molecule has 4 nitrogen and oxygen atoms in total. The van der Waals surface area contributed by atoms with Gasteiger partial charge in [0.25, 0.3) is 5.91 Å². The quantitative estimate of drug-likeness (QED) is 0.716. The van der Waals surface area contributed by atoms with E-state index in [0.29, 0.717) is 6.04 Å². The van der Waals surface area contributed by atoms with Crippen molar-refractivity contribution in [3.8, 4) is 0 Å². The van der Waals surface area contributed by atoms with Gasteiger partial charge in [0.2, 0.25) is 0 Å². The van der Waals surface area contributed by atoms with E-state index in [9.17, 15) is 4.79 Å². The molecule has 1 aromatic carbocycles. The minimum atomic E-state index is 0.0564. The summed E-state index contributed by atoms with van der Waals surface area (Å²) in [5.74, 6) is 0.787. The second-order valence-corrected chi connectivity index (χ2v) is 9.36. The Hall–Kier alpha value is -1.33. The van der Waals surface area contributed by atoms with Crippen LogP contribution in [0.4, 0.5) is 0 Å². The summed E-state index contributed by atoms with van der Waals surface area (Å²) in [6.07, 6.45) is 12.7. The van der Waals surface area contributed by atoms with E-state index < -0.39 is 0 Å². The van der Waals surface area contributed by atoms with Crippen LogP contribution in [0.2, 0.25) is 0 Å². The van der Waals surface area contributed by atoms with E-state index in [-0.39, 0.29) is 11.9 Å². The minimum absolute atomic E-state index is 0.0564. The third kappa shape index (κ3) is 4.40. The average molecular weight is 432 g/mol. The molecule has 2 aliphatic rings. The number of hydrogen-bond donors (Lipinski definition) is 2. The van der Waals surface area contributed by atoms with Crippen LogP contribution in [0.25, 0.3) is 10.9 Å². The summed E-state index contributed by atoms with van der Waals surface area (Å²) in [7, 11) is 0. The molecule has 0 aliphatic heterocycles. The van der Waals surface area contributed by atoms with E-state index in [4.69, 9.17) is 5.73 Å². The lowest BCUT2D eigenvalue weighted by atomic mass is 9.89. The van der Waals surface area contributed by atoms with Gasteiger partial charge in [-0.25, -0.2) is 0 Å². The van der Waals surface area contributed by atoms with Crippen LogP contribution < -0.4 is 11.1 Å². The molecule has 4 rings (SSSR count). The van der Waals surface area contributed by atoms with E-state index in [1.165, 1.54) is 37.6 Å². The number of nitrogens with two attached hydrogens (primary N) is 1. The monoisotopic (exact) mass is 431 g/mol. The first-order chi connectivity index (χ1) is 13.1. The van der Waals surface area contributed by atoms with Crippen LogP contribution in [0, 0.1) is 5.92 Å². The van der Waals surface area contributed by atoms with Gasteiger partial charge in [0.15, 0.2) is 0 Å². The number of aromatic nitrogens is 1. The molecule has 5 heteroatoms. The topological polar surface area (TPSA) is 60.0 Å². The average Bonchev–Trinajstić information content (AvgIpc) is 3.02. The van der Waals surface area contributed by atoms with Gasteiger partial charge in [0, 0.05) is 40.2 Å². The lowest BCUT2D eigenvalue weighted by Crippen LogP contribution is -2.40. The van der Waals surface area contributed by atoms with Gasteiger partial charge in [-0.3, -0.25) is 4.79 Å². The number of benzene rings is 1. The molecule has 27 heavy (non-hydrogen) atoms. The molecular weight excluding hydrogens is 402 g/mol. The van der Waals surface area contributed by atoms with Crippen molar-refractivity contribution in [3.05, 3.63) is 34.4 Å². The van der Waals surface area contributed by atoms with Crippen LogP contribution in [-0.4, -0.2) is 22.6 Å². The Bertz CT molecular complexity index is 801. The van der Waals surface area contributed by atoms with Crippen LogP contribution in [0.5, 0.6) is 0 Å². The minimum Gasteiger partial charge on any atom is -0.349 e. The van der Waals surface area contributed by atoms with E-state index in [1.54, 1.807) is 0 Å². The molecule has 0 saturated heterocycles. The number of hydrogen-bond acceptors (Lipinski definition) is 2. The SMILES string of the molecule is N[C@H]1CC[C@H](NC(=O)c2cn(CC3CCCCC3)c3ccc(Br)cc23)CC1. The molecule has 146 valence electrons. The van der Waals surface area contributed by atoms with E-state index in [2.05, 4.69) is 50.2 Å². The van der Waals surface area contributed by atoms with Crippen molar-refractivity contribution in [2.24, 2.45) is 11.7 Å². The molecule has 2 aliphatic carbocycles. The summed E-state index contributed by atoms with van der Waals surface area (Å²) in [5, 5.41) is 4.31. The maximum atomic E-state index is 13.1. The van der Waals surface area contributed by atoms with Crippen molar-refractivity contribution in [1.29, 1.82) is 0 Å². The Labute approximate surface area is 170 Å². The van der Waals surface area contributed by atoms with Gasteiger partial charge in [0.05, 0.1) is 5.56 Å². The second-order valence-electron chi connectivity index (χ2n) is 8.45. The summed E-state index contributed by atoms with van der Waals surface area (Å²) in [4.78, 5) is 13.1. The maximum Gasteiger partial charge on any atom is 0.253 e. The first kappa shape index (κ1) is 19.0. The summed E-state index contributed by atoms with van der Waals surface area (Å²) in [5.41, 5.74) is 7.97. The molecule has 0 atom stereocenters. The summed E-state index contributed by atoms with van der Waals surface area (Å²) < 4.78 is 3.33. The number of halogens is 1. The standard InChI is InChI=1S/C22H30BrN3O/c23-16-6-11-21-19(12-16)20(14-26(21)13-15-4-2-1-3-5-15)22(27)25-18-9-7-17(24)8-10-18/h6,11-12,14-15,17-18H,1-5,7-10,13,24H2,(H,25,27)/t17-,18-. The molecular formula is C22H30BrN3O. The van der Waals surface area contributed by atoms with Crippen LogP contribution in [0.1, 0.15) is 68.1 Å². The van der Waals surface area contributed by atoms with Gasteiger partial charge in [-0.05, 0) is 62.6 Å². The first-order valence-corrected chi connectivity index (χ1v) is 11.2. The van der Waals surface area contributed by atoms with Gasteiger partial charge < -0.3 is 15.6 Å². The van der Waals surface area contributed by atoms with Gasteiger partial charge >= 0.3 is 0 Å². The largest absolute Gasteiger partial charge is 0.349 e. The van der Waals surface area contributed by atoms with Crippen LogP contribution in [0.15, 0.2) is 28.9 Å². The predicted molar refractivity (Wildman–Crippen MR) is 114 cm³/mol. The first-order valence-electron chi connectivity index (χ1n) is 10.4. The fraction of sp³-hybridized carbons (Fsp3) is 0.591. The number of nitrogens with zero attached hydrogens (tertiary/aromatic N) is 1. The molecule has 1 heterocycles. The zero-order valence-electron chi connectivity index (χ0n) is 15.9. The molecule has 0 unspecified atom stereocenters. The van der Waals surface area contributed by atoms with Crippen molar-refractivity contribution >= 4 is 32.7 Å². The molecule has 1 amide bonds. The van der Waals surface area contributed by atoms with Gasteiger partial charge in [-0.15, -0.1) is 0 Å². The van der Waals surface area contributed by atoms with Gasteiger partial charge in [0.1, 0.15) is 0 Å². The predicted octanol–water partition coefficient (Wildman–Crippen LogP) is 4.98. The number of carbonyl (C=O) groups excluding carboxylic acids is 1. The number of fused-ring (bicyclic) bond motifs is 1. The third-order valence-corrected chi connectivity index (χ3v) is 6.87. The smallest absolute Gasteiger partial charge is 0.253 e. The molecule has 0 bridgehead atoms. The highest BCUT2D eigenvalue weighted by molar-refractivity contribution is 9.10. The van der Waals surface area contributed by atoms with Crippen molar-refractivity contribution < 1.29 is 4.79 Å². The highest BCUT2D eigenvalue weighted by Gasteiger charge is 2.23. The molecule has 2 saturated carbocycles. The number of carbonyl (C=O) groups is 1. The van der Waals surface area contributed by atoms with Crippen molar-refractivity contribution in [2.75, 3.05) is 0 Å². The third-order valence-electron chi connectivity index (χ3n) is 6.37. The van der Waals surface area contributed by atoms with Gasteiger partial charge in [-0.2, -0.15) is 0 Å². The van der Waals surface area contributed by atoms with Gasteiger partial charge in [-0.1, -0.05) is 35.2 Å². The molecule has 0 radical (unpaired) electrons. The molecule has 0 spiro atoms. The highest BCUT2D eigenvalue weighted by atomic mass is 79.9. The fourth-order valence-electron chi connectivity index (χ4n) is 4.78. The second kappa shape index (κ2) is 8.36. The van der Waals surface area contributed by atoms with Crippen LogP contribution in [0.3, 0.4) is 0 Å². The summed E-state index contributed by atoms with van der Waals surface area (Å²) >= 11 is 3.57. The highest BCUT2D eigenvalue weighted by Crippen LogP contribution is 2.30. The summed E-state index contributed by atoms with van der Waals surface area (Å²) in [6, 6.07) is 6.84. The molecule has 3 N–H and O–H groups in total. The van der Waals surface area contributed by atoms with Crippen molar-refractivity contribution in [3.63, 3.8) is 0 Å². The molecule has 2 fully saturated rings. The number of rotatable bonds is 4. The fourth-order valence-corrected chi connectivity index (χ4v) is 5.14. The summed E-state index contributed by atoms with van der Waals surface area (Å²) in [6.45, 7) is 1.02. The zero-order chi connectivity index (χ0) is 18.8.